The van der Waals surface area contributed by atoms with E-state index in [-0.39, 0.29) is 0 Å². The van der Waals surface area contributed by atoms with Crippen LogP contribution in [0.4, 0.5) is 0 Å². The van der Waals surface area contributed by atoms with Gasteiger partial charge < -0.3 is 9.47 Å². The van der Waals surface area contributed by atoms with Gasteiger partial charge in [0.2, 0.25) is 5.88 Å². The highest BCUT2D eigenvalue weighted by Gasteiger charge is 2.22. The van der Waals surface area contributed by atoms with E-state index in [9.17, 15) is 0 Å². The van der Waals surface area contributed by atoms with E-state index in [1.54, 1.807) is 25.6 Å². The van der Waals surface area contributed by atoms with Crippen LogP contribution in [0.1, 0.15) is 0 Å². The maximum absolute atomic E-state index is 5.48. The predicted octanol–water partition coefficient (Wildman–Crippen LogP) is 1.30. The molecule has 0 saturated heterocycles. The first-order valence-electron chi connectivity index (χ1n) is 4.57. The van der Waals surface area contributed by atoms with Crippen molar-refractivity contribution in [3.8, 4) is 23.0 Å². The Morgan fingerprint density at radius 3 is 3.20 bits per heavy atom. The molecule has 3 heterocycles. The fourth-order valence-electron chi connectivity index (χ4n) is 1.68. The lowest BCUT2D eigenvalue weighted by molar-refractivity contribution is 0.218. The van der Waals surface area contributed by atoms with Crippen molar-refractivity contribution in [1.29, 1.82) is 0 Å². The predicted molar refractivity (Wildman–Crippen MR) is 52.6 cm³/mol. The number of hydrogen-bond donors (Lipinski definition) is 0. The van der Waals surface area contributed by atoms with Gasteiger partial charge in [0.15, 0.2) is 12.6 Å². The van der Waals surface area contributed by atoms with Crippen molar-refractivity contribution < 1.29 is 9.47 Å². The Labute approximate surface area is 86.3 Å². The fourth-order valence-corrected chi connectivity index (χ4v) is 1.68. The molecule has 0 unspecified atom stereocenters. The van der Waals surface area contributed by atoms with E-state index in [1.807, 2.05) is 10.8 Å². The highest BCUT2D eigenvalue weighted by atomic mass is 16.5. The topological polar surface area (TPSA) is 49.2 Å². The molecule has 0 N–H and O–H groups in total. The third kappa shape index (κ3) is 1.09. The number of methoxy groups -OCH3 is 1. The van der Waals surface area contributed by atoms with Crippen LogP contribution >= 0.6 is 0 Å². The molecule has 1 aliphatic heterocycles. The Morgan fingerprint density at radius 2 is 2.33 bits per heavy atom. The first-order valence-corrected chi connectivity index (χ1v) is 4.57. The minimum atomic E-state index is 0.447. The zero-order valence-corrected chi connectivity index (χ0v) is 8.17. The average molecular weight is 203 g/mol. The third-order valence-electron chi connectivity index (χ3n) is 2.38. The summed E-state index contributed by atoms with van der Waals surface area (Å²) in [6.07, 6.45) is 5.27. The first-order chi connectivity index (χ1) is 7.40. The van der Waals surface area contributed by atoms with E-state index in [0.717, 1.165) is 17.1 Å². The number of ether oxygens (including phenoxy) is 2. The maximum Gasteiger partial charge on any atom is 0.230 e. The molecule has 0 spiro atoms. The summed E-state index contributed by atoms with van der Waals surface area (Å²) in [6, 6.07) is 1.80. The van der Waals surface area contributed by atoms with E-state index in [4.69, 9.17) is 9.47 Å². The molecule has 0 aliphatic carbocycles. The Hall–Kier alpha value is -2.04. The molecule has 2 aromatic rings. The molecule has 0 amide bonds. The summed E-state index contributed by atoms with van der Waals surface area (Å²) in [4.78, 5) is 8.42. The van der Waals surface area contributed by atoms with Crippen LogP contribution in [-0.4, -0.2) is 21.6 Å². The molecule has 2 aromatic heterocycles. The van der Waals surface area contributed by atoms with Crippen molar-refractivity contribution in [3.05, 3.63) is 24.7 Å². The second-order valence-electron chi connectivity index (χ2n) is 3.19. The van der Waals surface area contributed by atoms with Crippen LogP contribution < -0.4 is 9.47 Å². The lowest BCUT2D eigenvalue weighted by atomic mass is 10.2. The van der Waals surface area contributed by atoms with Crippen LogP contribution in [0.25, 0.3) is 11.4 Å². The third-order valence-corrected chi connectivity index (χ3v) is 2.38. The van der Waals surface area contributed by atoms with Gasteiger partial charge in [-0.1, -0.05) is 0 Å². The highest BCUT2D eigenvalue weighted by molar-refractivity contribution is 5.70. The number of imidazole rings is 1. The first kappa shape index (κ1) is 8.28. The Bertz CT molecular complexity index is 493. The molecule has 15 heavy (non-hydrogen) atoms. The molecular formula is C10H9N3O2. The summed E-state index contributed by atoms with van der Waals surface area (Å²) in [5.41, 5.74) is 0.816. The van der Waals surface area contributed by atoms with Gasteiger partial charge in [0.05, 0.1) is 7.11 Å². The Morgan fingerprint density at radius 1 is 1.40 bits per heavy atom. The van der Waals surface area contributed by atoms with Crippen LogP contribution in [-0.2, 0) is 6.73 Å². The number of nitrogens with zero attached hydrogens (tertiary/aromatic N) is 3. The number of fused-ring (bicyclic) bond motifs is 3. The summed E-state index contributed by atoms with van der Waals surface area (Å²) in [7, 11) is 1.62. The molecule has 0 saturated carbocycles. The summed E-state index contributed by atoms with van der Waals surface area (Å²) in [6.45, 7) is 0.447. The number of pyridine rings is 1. The van der Waals surface area contributed by atoms with Crippen LogP contribution in [0.2, 0.25) is 0 Å². The van der Waals surface area contributed by atoms with Crippen molar-refractivity contribution in [1.82, 2.24) is 14.5 Å². The van der Waals surface area contributed by atoms with Crippen LogP contribution in [0.3, 0.4) is 0 Å². The molecule has 0 bridgehead atoms. The normalized spacial score (nSPS) is 12.6. The van der Waals surface area contributed by atoms with E-state index in [0.29, 0.717) is 12.6 Å². The number of rotatable bonds is 1. The molecule has 3 rings (SSSR count). The maximum atomic E-state index is 5.48. The number of hydrogen-bond acceptors (Lipinski definition) is 4. The van der Waals surface area contributed by atoms with Crippen LogP contribution in [0, 0.1) is 0 Å². The second kappa shape index (κ2) is 2.98. The molecule has 0 fully saturated rings. The summed E-state index contributed by atoms with van der Waals surface area (Å²) < 4.78 is 12.7. The van der Waals surface area contributed by atoms with E-state index < -0.39 is 0 Å². The van der Waals surface area contributed by atoms with Crippen molar-refractivity contribution in [3.63, 3.8) is 0 Å². The van der Waals surface area contributed by atoms with E-state index in [1.165, 1.54) is 0 Å². The molecule has 5 nitrogen and oxygen atoms in total. The van der Waals surface area contributed by atoms with E-state index >= 15 is 0 Å². The van der Waals surface area contributed by atoms with Crippen molar-refractivity contribution in [2.45, 2.75) is 6.73 Å². The van der Waals surface area contributed by atoms with Crippen molar-refractivity contribution >= 4 is 0 Å². The zero-order chi connectivity index (χ0) is 10.3. The Balaban J connectivity index is 2.29. The Kier molecular flexibility index (Phi) is 1.65. The fraction of sp³-hybridized carbons (Fsp3) is 0.200. The van der Waals surface area contributed by atoms with Gasteiger partial charge in [-0.05, 0) is 6.07 Å². The van der Waals surface area contributed by atoms with E-state index in [2.05, 4.69) is 9.97 Å². The van der Waals surface area contributed by atoms with Gasteiger partial charge in [-0.15, -0.1) is 0 Å². The van der Waals surface area contributed by atoms with Gasteiger partial charge in [0.1, 0.15) is 11.3 Å². The van der Waals surface area contributed by atoms with Gasteiger partial charge in [-0.25, -0.2) is 9.97 Å². The van der Waals surface area contributed by atoms with Crippen molar-refractivity contribution in [2.24, 2.45) is 0 Å². The molecule has 0 aromatic carbocycles. The standard InChI is InChI=1S/C10H9N3O2/c1-14-7-2-3-12-10-8(7)9-11-4-5-13(9)6-15-10/h2-5H,6H2,1H3. The minimum absolute atomic E-state index is 0.447. The van der Waals surface area contributed by atoms with Crippen LogP contribution in [0.5, 0.6) is 11.6 Å². The van der Waals surface area contributed by atoms with Gasteiger partial charge in [0.25, 0.3) is 0 Å². The molecule has 0 atom stereocenters. The molecule has 5 heteroatoms. The summed E-state index contributed by atoms with van der Waals surface area (Å²) in [5.74, 6) is 2.14. The second-order valence-corrected chi connectivity index (χ2v) is 3.19. The van der Waals surface area contributed by atoms with Crippen LogP contribution in [0.15, 0.2) is 24.7 Å². The molecule has 1 aliphatic rings. The number of aromatic nitrogens is 3. The average Bonchev–Trinajstić information content (AvgIpc) is 2.76. The highest BCUT2D eigenvalue weighted by Crippen LogP contribution is 2.38. The quantitative estimate of drug-likeness (QED) is 0.701. The molecule has 76 valence electrons. The largest absolute Gasteiger partial charge is 0.496 e. The summed E-state index contributed by atoms with van der Waals surface area (Å²) >= 11 is 0. The van der Waals surface area contributed by atoms with Gasteiger partial charge in [-0.2, -0.15) is 0 Å². The summed E-state index contributed by atoms with van der Waals surface area (Å²) in [5, 5.41) is 0. The van der Waals surface area contributed by atoms with Crippen molar-refractivity contribution in [2.75, 3.05) is 7.11 Å². The molecule has 0 radical (unpaired) electrons. The smallest absolute Gasteiger partial charge is 0.230 e. The minimum Gasteiger partial charge on any atom is -0.496 e. The lowest BCUT2D eigenvalue weighted by Crippen LogP contribution is -2.13. The lowest BCUT2D eigenvalue weighted by Gasteiger charge is -2.19. The van der Waals surface area contributed by atoms with Gasteiger partial charge in [0, 0.05) is 18.6 Å². The van der Waals surface area contributed by atoms with Gasteiger partial charge in [-0.3, -0.25) is 4.57 Å². The monoisotopic (exact) mass is 203 g/mol. The van der Waals surface area contributed by atoms with Gasteiger partial charge >= 0.3 is 0 Å². The SMILES string of the molecule is COc1ccnc2c1-c1nccn1CO2. The zero-order valence-electron chi connectivity index (χ0n) is 8.17. The molecular weight excluding hydrogens is 194 g/mol.